The fraction of sp³-hybridized carbons (Fsp3) is 0.538. The molecule has 1 aromatic rings. The number of pyridine rings is 1. The van der Waals surface area contributed by atoms with Gasteiger partial charge in [0.2, 0.25) is 11.8 Å². The molecule has 4 heteroatoms. The third-order valence-electron chi connectivity index (χ3n) is 3.47. The van der Waals surface area contributed by atoms with Crippen LogP contribution in [0.4, 0.5) is 0 Å². The Bertz CT molecular complexity index is 455. The zero-order valence-electron chi connectivity index (χ0n) is 9.90. The largest absolute Gasteiger partial charge is 0.481 e. The normalized spacial score (nSPS) is 23.6. The van der Waals surface area contributed by atoms with Crippen LogP contribution < -0.4 is 10.1 Å². The van der Waals surface area contributed by atoms with Gasteiger partial charge >= 0.3 is 0 Å². The second-order valence-corrected chi connectivity index (χ2v) is 4.77. The van der Waals surface area contributed by atoms with Crippen LogP contribution in [0.1, 0.15) is 48.9 Å². The second-order valence-electron chi connectivity index (χ2n) is 4.77. The van der Waals surface area contributed by atoms with Gasteiger partial charge < -0.3 is 10.1 Å². The molecule has 1 aliphatic carbocycles. The van der Waals surface area contributed by atoms with E-state index in [1.165, 1.54) is 18.4 Å². The van der Waals surface area contributed by atoms with Crippen LogP contribution in [0.3, 0.4) is 0 Å². The van der Waals surface area contributed by atoms with Gasteiger partial charge in [-0.25, -0.2) is 4.98 Å². The molecule has 0 unspecified atom stereocenters. The molecule has 4 nitrogen and oxygen atoms in total. The van der Waals surface area contributed by atoms with E-state index in [-0.39, 0.29) is 11.9 Å². The SMILES string of the molecule is COc1nc([C@H]2CCC(=O)N2)ccc1C1CC1. The van der Waals surface area contributed by atoms with Gasteiger partial charge in [-0.15, -0.1) is 0 Å². The Hall–Kier alpha value is -1.58. The molecule has 0 spiro atoms. The Balaban J connectivity index is 1.88. The molecule has 1 saturated carbocycles. The number of ether oxygens (including phenoxy) is 1. The lowest BCUT2D eigenvalue weighted by Crippen LogP contribution is -2.19. The van der Waals surface area contributed by atoms with Crippen molar-refractivity contribution >= 4 is 5.91 Å². The van der Waals surface area contributed by atoms with Crippen molar-refractivity contribution in [1.29, 1.82) is 0 Å². The Morgan fingerprint density at radius 1 is 1.35 bits per heavy atom. The summed E-state index contributed by atoms with van der Waals surface area (Å²) >= 11 is 0. The Morgan fingerprint density at radius 2 is 2.18 bits per heavy atom. The predicted octanol–water partition coefficient (Wildman–Crippen LogP) is 1.92. The molecule has 0 radical (unpaired) electrons. The van der Waals surface area contributed by atoms with E-state index >= 15 is 0 Å². The summed E-state index contributed by atoms with van der Waals surface area (Å²) in [6, 6.07) is 4.18. The van der Waals surface area contributed by atoms with Crippen LogP contribution in [0, 0.1) is 0 Å². The number of amides is 1. The summed E-state index contributed by atoms with van der Waals surface area (Å²) in [4.78, 5) is 15.7. The molecule has 0 bridgehead atoms. The number of carbonyl (C=O) groups is 1. The smallest absolute Gasteiger partial charge is 0.220 e. The second kappa shape index (κ2) is 4.02. The van der Waals surface area contributed by atoms with E-state index in [2.05, 4.69) is 16.4 Å². The number of hydrogen-bond acceptors (Lipinski definition) is 3. The Morgan fingerprint density at radius 3 is 2.76 bits per heavy atom. The van der Waals surface area contributed by atoms with Gasteiger partial charge in [-0.3, -0.25) is 4.79 Å². The summed E-state index contributed by atoms with van der Waals surface area (Å²) in [5.74, 6) is 1.47. The summed E-state index contributed by atoms with van der Waals surface area (Å²) in [6.45, 7) is 0. The minimum Gasteiger partial charge on any atom is -0.481 e. The van der Waals surface area contributed by atoms with Crippen LogP contribution in [0.5, 0.6) is 5.88 Å². The van der Waals surface area contributed by atoms with Crippen molar-refractivity contribution in [2.75, 3.05) is 7.11 Å². The Kier molecular flexibility index (Phi) is 2.50. The molecule has 1 aliphatic heterocycles. The first-order valence-electron chi connectivity index (χ1n) is 6.12. The summed E-state index contributed by atoms with van der Waals surface area (Å²) in [5.41, 5.74) is 2.12. The Labute approximate surface area is 100 Å². The highest BCUT2D eigenvalue weighted by molar-refractivity contribution is 5.78. The van der Waals surface area contributed by atoms with Gasteiger partial charge in [0.25, 0.3) is 0 Å². The number of hydrogen-bond donors (Lipinski definition) is 1. The average Bonchev–Trinajstić information content (AvgIpc) is 3.11. The van der Waals surface area contributed by atoms with E-state index in [0.29, 0.717) is 12.3 Å². The van der Waals surface area contributed by atoms with Crippen LogP contribution in [0.2, 0.25) is 0 Å². The number of carbonyl (C=O) groups excluding carboxylic acids is 1. The van der Waals surface area contributed by atoms with Crippen molar-refractivity contribution < 1.29 is 9.53 Å². The fourth-order valence-corrected chi connectivity index (χ4v) is 2.36. The van der Waals surface area contributed by atoms with Gasteiger partial charge in [-0.2, -0.15) is 0 Å². The number of methoxy groups -OCH3 is 1. The minimum absolute atomic E-state index is 0.0599. The first kappa shape index (κ1) is 10.6. The maximum Gasteiger partial charge on any atom is 0.220 e. The van der Waals surface area contributed by atoms with E-state index in [0.717, 1.165) is 18.0 Å². The molecule has 2 fully saturated rings. The van der Waals surface area contributed by atoms with Crippen LogP contribution in [0.15, 0.2) is 12.1 Å². The lowest BCUT2D eigenvalue weighted by atomic mass is 10.1. The monoisotopic (exact) mass is 232 g/mol. The molecule has 1 saturated heterocycles. The highest BCUT2D eigenvalue weighted by Gasteiger charge is 2.29. The number of rotatable bonds is 3. The number of nitrogens with one attached hydrogen (secondary N) is 1. The lowest BCUT2D eigenvalue weighted by molar-refractivity contribution is -0.119. The average molecular weight is 232 g/mol. The zero-order valence-corrected chi connectivity index (χ0v) is 9.90. The molecule has 1 amide bonds. The van der Waals surface area contributed by atoms with Crippen molar-refractivity contribution in [2.45, 2.75) is 37.6 Å². The van der Waals surface area contributed by atoms with E-state index < -0.39 is 0 Å². The molecular weight excluding hydrogens is 216 g/mol. The quantitative estimate of drug-likeness (QED) is 0.866. The van der Waals surface area contributed by atoms with Gasteiger partial charge in [-0.1, -0.05) is 6.07 Å². The maximum absolute atomic E-state index is 11.2. The standard InChI is InChI=1S/C13H16N2O2/c1-17-13-9(8-2-3-8)4-5-11(15-13)10-6-7-12(16)14-10/h4-5,8,10H,2-3,6-7H2,1H3,(H,14,16)/t10-/m1/s1. The summed E-state index contributed by atoms with van der Waals surface area (Å²) < 4.78 is 5.35. The van der Waals surface area contributed by atoms with E-state index in [1.54, 1.807) is 7.11 Å². The summed E-state index contributed by atoms with van der Waals surface area (Å²) in [5, 5.41) is 2.93. The molecule has 3 rings (SSSR count). The molecule has 1 aromatic heterocycles. The maximum atomic E-state index is 11.2. The van der Waals surface area contributed by atoms with Gasteiger partial charge in [0, 0.05) is 12.0 Å². The molecule has 17 heavy (non-hydrogen) atoms. The van der Waals surface area contributed by atoms with Gasteiger partial charge in [-0.05, 0) is 31.2 Å². The van der Waals surface area contributed by atoms with Crippen LogP contribution >= 0.6 is 0 Å². The van der Waals surface area contributed by atoms with E-state index in [9.17, 15) is 4.79 Å². The van der Waals surface area contributed by atoms with Crippen LogP contribution in [0.25, 0.3) is 0 Å². The molecular formula is C13H16N2O2. The van der Waals surface area contributed by atoms with Crippen LogP contribution in [-0.4, -0.2) is 18.0 Å². The number of aromatic nitrogens is 1. The van der Waals surface area contributed by atoms with Crippen molar-refractivity contribution in [3.8, 4) is 5.88 Å². The molecule has 2 aliphatic rings. The topological polar surface area (TPSA) is 51.2 Å². The van der Waals surface area contributed by atoms with Crippen molar-refractivity contribution in [1.82, 2.24) is 10.3 Å². The van der Waals surface area contributed by atoms with Crippen molar-refractivity contribution in [3.05, 3.63) is 23.4 Å². The van der Waals surface area contributed by atoms with E-state index in [4.69, 9.17) is 4.74 Å². The third-order valence-corrected chi connectivity index (χ3v) is 3.47. The number of nitrogens with zero attached hydrogens (tertiary/aromatic N) is 1. The third kappa shape index (κ3) is 1.99. The molecule has 0 aromatic carbocycles. The van der Waals surface area contributed by atoms with Crippen molar-refractivity contribution in [2.24, 2.45) is 0 Å². The van der Waals surface area contributed by atoms with Crippen LogP contribution in [-0.2, 0) is 4.79 Å². The van der Waals surface area contributed by atoms with Gasteiger partial charge in [0.15, 0.2) is 0 Å². The first-order chi connectivity index (χ1) is 8.28. The molecule has 1 atom stereocenters. The zero-order chi connectivity index (χ0) is 11.8. The highest BCUT2D eigenvalue weighted by atomic mass is 16.5. The summed E-state index contributed by atoms with van der Waals surface area (Å²) in [6.07, 6.45) is 3.89. The van der Waals surface area contributed by atoms with Gasteiger partial charge in [0.05, 0.1) is 18.8 Å². The lowest BCUT2D eigenvalue weighted by Gasteiger charge is -2.13. The summed E-state index contributed by atoms with van der Waals surface area (Å²) in [7, 11) is 1.66. The predicted molar refractivity (Wildman–Crippen MR) is 62.9 cm³/mol. The highest BCUT2D eigenvalue weighted by Crippen LogP contribution is 2.44. The molecule has 1 N–H and O–H groups in total. The molecule has 2 heterocycles. The van der Waals surface area contributed by atoms with Gasteiger partial charge in [0.1, 0.15) is 0 Å². The van der Waals surface area contributed by atoms with Crippen molar-refractivity contribution in [3.63, 3.8) is 0 Å². The fourth-order valence-electron chi connectivity index (χ4n) is 2.36. The molecule has 90 valence electrons. The first-order valence-corrected chi connectivity index (χ1v) is 6.12. The van der Waals surface area contributed by atoms with E-state index in [1.807, 2.05) is 6.07 Å². The minimum atomic E-state index is 0.0599.